The average molecular weight is 377 g/mol. The van der Waals surface area contributed by atoms with Crippen LogP contribution in [0.2, 0.25) is 0 Å². The lowest BCUT2D eigenvalue weighted by Crippen LogP contribution is -2.17. The summed E-state index contributed by atoms with van der Waals surface area (Å²) in [4.78, 5) is 35.6. The van der Waals surface area contributed by atoms with E-state index in [1.165, 1.54) is 13.1 Å². The van der Waals surface area contributed by atoms with Crippen LogP contribution in [0.15, 0.2) is 54.9 Å². The maximum atomic E-state index is 11.7. The predicted molar refractivity (Wildman–Crippen MR) is 106 cm³/mol. The number of primary amides is 1. The Morgan fingerprint density at radius 2 is 1.89 bits per heavy atom. The summed E-state index contributed by atoms with van der Waals surface area (Å²) in [6, 6.07) is 12.6. The molecule has 3 aromatic rings. The molecule has 0 unspecified atom stereocenters. The predicted octanol–water partition coefficient (Wildman–Crippen LogP) is 2.28. The molecule has 0 aliphatic rings. The van der Waals surface area contributed by atoms with Gasteiger partial charge in [-0.25, -0.2) is 4.98 Å². The molecule has 0 bridgehead atoms. The minimum absolute atomic E-state index is 0.166. The number of amides is 2. The monoisotopic (exact) mass is 377 g/mol. The molecule has 0 radical (unpaired) electrons. The Morgan fingerprint density at radius 3 is 2.61 bits per heavy atom. The first-order valence-electron chi connectivity index (χ1n) is 8.46. The summed E-state index contributed by atoms with van der Waals surface area (Å²) in [5.41, 5.74) is 7.69. The van der Waals surface area contributed by atoms with Gasteiger partial charge in [0.05, 0.1) is 17.8 Å². The first kappa shape index (κ1) is 18.8. The average Bonchev–Trinajstić information content (AvgIpc) is 2.67. The molecule has 2 heterocycles. The van der Waals surface area contributed by atoms with Gasteiger partial charge in [-0.1, -0.05) is 12.1 Å². The quantitative estimate of drug-likeness (QED) is 0.496. The van der Waals surface area contributed by atoms with Crippen molar-refractivity contribution in [1.29, 1.82) is 0 Å². The van der Waals surface area contributed by atoms with Gasteiger partial charge in [0.25, 0.3) is 5.91 Å². The molecular weight excluding hydrogens is 358 g/mol. The van der Waals surface area contributed by atoms with Crippen molar-refractivity contribution < 1.29 is 9.59 Å². The third-order valence-corrected chi connectivity index (χ3v) is 3.66. The number of nitrogens with zero attached hydrogens (tertiary/aromatic N) is 3. The third-order valence-electron chi connectivity index (χ3n) is 3.66. The first-order valence-corrected chi connectivity index (χ1v) is 8.46. The molecule has 0 aliphatic carbocycles. The highest BCUT2D eigenvalue weighted by Crippen LogP contribution is 2.20. The highest BCUT2D eigenvalue weighted by atomic mass is 16.1. The molecule has 28 heavy (non-hydrogen) atoms. The van der Waals surface area contributed by atoms with Gasteiger partial charge in [-0.2, -0.15) is 4.98 Å². The topological polar surface area (TPSA) is 135 Å². The molecule has 9 nitrogen and oxygen atoms in total. The van der Waals surface area contributed by atoms with Crippen LogP contribution in [-0.2, 0) is 11.3 Å². The van der Waals surface area contributed by atoms with Crippen molar-refractivity contribution in [1.82, 2.24) is 15.0 Å². The first-order chi connectivity index (χ1) is 13.5. The third kappa shape index (κ3) is 5.01. The Labute approximate surface area is 161 Å². The maximum Gasteiger partial charge on any atom is 0.254 e. The van der Waals surface area contributed by atoms with Crippen molar-refractivity contribution in [3.8, 4) is 0 Å². The Kier molecular flexibility index (Phi) is 5.75. The van der Waals surface area contributed by atoms with Crippen molar-refractivity contribution >= 4 is 35.0 Å². The number of benzene rings is 1. The van der Waals surface area contributed by atoms with Crippen LogP contribution in [0, 0.1) is 0 Å². The van der Waals surface area contributed by atoms with Gasteiger partial charge in [0.2, 0.25) is 11.9 Å². The number of aromatic nitrogens is 3. The normalized spacial score (nSPS) is 10.2. The van der Waals surface area contributed by atoms with Crippen molar-refractivity contribution in [2.45, 2.75) is 13.5 Å². The van der Waals surface area contributed by atoms with Crippen LogP contribution in [-0.4, -0.2) is 26.8 Å². The van der Waals surface area contributed by atoms with Crippen LogP contribution in [0.3, 0.4) is 0 Å². The molecule has 0 spiro atoms. The van der Waals surface area contributed by atoms with Crippen LogP contribution in [0.5, 0.6) is 0 Å². The van der Waals surface area contributed by atoms with Crippen LogP contribution in [0.1, 0.15) is 23.0 Å². The Balaban J connectivity index is 1.80. The van der Waals surface area contributed by atoms with Crippen LogP contribution in [0.4, 0.5) is 23.1 Å². The smallest absolute Gasteiger partial charge is 0.254 e. The van der Waals surface area contributed by atoms with Gasteiger partial charge in [-0.3, -0.25) is 14.6 Å². The van der Waals surface area contributed by atoms with Gasteiger partial charge in [0.1, 0.15) is 5.82 Å². The second-order valence-corrected chi connectivity index (χ2v) is 5.88. The fraction of sp³-hybridized carbons (Fsp3) is 0.105. The Bertz CT molecular complexity index is 993. The van der Waals surface area contributed by atoms with E-state index in [0.717, 1.165) is 5.69 Å². The number of rotatable bonds is 7. The lowest BCUT2D eigenvalue weighted by Gasteiger charge is -2.12. The lowest BCUT2D eigenvalue weighted by molar-refractivity contribution is -0.114. The van der Waals surface area contributed by atoms with Crippen LogP contribution < -0.4 is 21.7 Å². The van der Waals surface area contributed by atoms with Crippen molar-refractivity contribution in [3.63, 3.8) is 0 Å². The molecule has 0 saturated heterocycles. The number of nitrogens with two attached hydrogens (primary N) is 1. The number of nitrogens with one attached hydrogen (secondary N) is 3. The molecular formula is C19H19N7O2. The standard InChI is InChI=1S/C19H19N7O2/c1-12(27)24-13-6-4-7-14(9-13)25-19-23-11-16(17(20)28)18(26-19)22-10-15-5-2-3-8-21-15/h2-9,11H,10H2,1H3,(H2,20,28)(H,24,27)(H2,22,23,25,26). The second-order valence-electron chi connectivity index (χ2n) is 5.88. The Hall–Kier alpha value is -4.01. The number of hydrogen-bond donors (Lipinski definition) is 4. The number of pyridine rings is 1. The lowest BCUT2D eigenvalue weighted by atomic mass is 10.2. The summed E-state index contributed by atoms with van der Waals surface area (Å²) >= 11 is 0. The summed E-state index contributed by atoms with van der Waals surface area (Å²) in [5, 5.41) is 8.81. The molecule has 2 aromatic heterocycles. The molecule has 142 valence electrons. The summed E-state index contributed by atoms with van der Waals surface area (Å²) in [7, 11) is 0. The number of carbonyl (C=O) groups excluding carboxylic acids is 2. The van der Waals surface area contributed by atoms with E-state index in [1.54, 1.807) is 30.5 Å². The molecule has 2 amide bonds. The summed E-state index contributed by atoms with van der Waals surface area (Å²) in [6.45, 7) is 1.81. The molecule has 1 aromatic carbocycles. The highest BCUT2D eigenvalue weighted by molar-refractivity contribution is 5.97. The van der Waals surface area contributed by atoms with E-state index in [-0.39, 0.29) is 17.4 Å². The van der Waals surface area contributed by atoms with E-state index < -0.39 is 5.91 Å². The van der Waals surface area contributed by atoms with Crippen molar-refractivity contribution in [2.24, 2.45) is 5.73 Å². The van der Waals surface area contributed by atoms with Crippen molar-refractivity contribution in [3.05, 3.63) is 66.1 Å². The molecule has 0 aliphatic heterocycles. The molecule has 5 N–H and O–H groups in total. The summed E-state index contributed by atoms with van der Waals surface area (Å²) in [6.07, 6.45) is 3.04. The number of hydrogen-bond acceptors (Lipinski definition) is 7. The fourth-order valence-electron chi connectivity index (χ4n) is 2.44. The van der Waals surface area contributed by atoms with E-state index in [4.69, 9.17) is 5.73 Å². The second kappa shape index (κ2) is 8.58. The minimum Gasteiger partial charge on any atom is -0.365 e. The van der Waals surface area contributed by atoms with E-state index >= 15 is 0 Å². The zero-order valence-corrected chi connectivity index (χ0v) is 15.1. The van der Waals surface area contributed by atoms with Crippen LogP contribution >= 0.6 is 0 Å². The summed E-state index contributed by atoms with van der Waals surface area (Å²) < 4.78 is 0. The molecule has 0 saturated carbocycles. The fourth-order valence-corrected chi connectivity index (χ4v) is 2.44. The van der Waals surface area contributed by atoms with Gasteiger partial charge in [-0.05, 0) is 30.3 Å². The molecule has 3 rings (SSSR count). The summed E-state index contributed by atoms with van der Waals surface area (Å²) in [5.74, 6) is -0.231. The number of anilines is 4. The Morgan fingerprint density at radius 1 is 1.07 bits per heavy atom. The van der Waals surface area contributed by atoms with E-state index in [1.807, 2.05) is 18.2 Å². The molecule has 0 fully saturated rings. The van der Waals surface area contributed by atoms with E-state index in [0.29, 0.717) is 23.7 Å². The maximum absolute atomic E-state index is 11.7. The van der Waals surface area contributed by atoms with Gasteiger partial charge in [0, 0.05) is 30.7 Å². The number of carbonyl (C=O) groups is 2. The highest BCUT2D eigenvalue weighted by Gasteiger charge is 2.12. The molecule has 9 heteroatoms. The zero-order chi connectivity index (χ0) is 19.9. The largest absolute Gasteiger partial charge is 0.365 e. The molecule has 0 atom stereocenters. The van der Waals surface area contributed by atoms with E-state index in [9.17, 15) is 9.59 Å². The van der Waals surface area contributed by atoms with Gasteiger partial charge in [-0.15, -0.1) is 0 Å². The zero-order valence-electron chi connectivity index (χ0n) is 15.1. The minimum atomic E-state index is -0.636. The van der Waals surface area contributed by atoms with Gasteiger partial charge in [0.15, 0.2) is 0 Å². The van der Waals surface area contributed by atoms with Gasteiger partial charge < -0.3 is 21.7 Å². The van der Waals surface area contributed by atoms with E-state index in [2.05, 4.69) is 30.9 Å². The van der Waals surface area contributed by atoms with Crippen LogP contribution in [0.25, 0.3) is 0 Å². The van der Waals surface area contributed by atoms with Gasteiger partial charge >= 0.3 is 0 Å². The van der Waals surface area contributed by atoms with Crippen molar-refractivity contribution in [2.75, 3.05) is 16.0 Å². The SMILES string of the molecule is CC(=O)Nc1cccc(Nc2ncc(C(N)=O)c(NCc3ccccn3)n2)c1.